The number of nitrogens with zero attached hydrogens (tertiary/aromatic N) is 2. The third-order valence-electron chi connectivity index (χ3n) is 3.28. The van der Waals surface area contributed by atoms with Crippen LogP contribution >= 0.6 is 0 Å². The first kappa shape index (κ1) is 14.3. The molecule has 2 rings (SSSR count). The summed E-state index contributed by atoms with van der Waals surface area (Å²) in [6, 6.07) is 8.77. The van der Waals surface area contributed by atoms with E-state index in [-0.39, 0.29) is 19.1 Å². The summed E-state index contributed by atoms with van der Waals surface area (Å²) in [4.78, 5) is 26.7. The Balaban J connectivity index is 1.90. The summed E-state index contributed by atoms with van der Waals surface area (Å²) in [5, 5.41) is 0. The minimum atomic E-state index is -0.688. The second-order valence-electron chi connectivity index (χ2n) is 4.85. The van der Waals surface area contributed by atoms with Gasteiger partial charge in [-0.3, -0.25) is 4.79 Å². The van der Waals surface area contributed by atoms with Gasteiger partial charge in [-0.05, 0) is 5.56 Å². The van der Waals surface area contributed by atoms with Crippen LogP contribution < -0.4 is 5.73 Å². The summed E-state index contributed by atoms with van der Waals surface area (Å²) in [5.41, 5.74) is 6.69. The molecule has 20 heavy (non-hydrogen) atoms. The van der Waals surface area contributed by atoms with E-state index in [0.717, 1.165) is 5.56 Å². The number of ether oxygens (including phenoxy) is 1. The van der Waals surface area contributed by atoms with Crippen LogP contribution in [0.15, 0.2) is 30.3 Å². The van der Waals surface area contributed by atoms with Crippen LogP contribution in [0.4, 0.5) is 4.79 Å². The summed E-state index contributed by atoms with van der Waals surface area (Å²) in [6.07, 6.45) is -0.438. The number of carbonyl (C=O) groups is 2. The van der Waals surface area contributed by atoms with Gasteiger partial charge in [0.05, 0.1) is 0 Å². The lowest BCUT2D eigenvalue weighted by molar-refractivity contribution is -0.130. The van der Waals surface area contributed by atoms with Gasteiger partial charge in [0.15, 0.2) is 0 Å². The zero-order valence-corrected chi connectivity index (χ0v) is 11.5. The van der Waals surface area contributed by atoms with E-state index < -0.39 is 12.1 Å². The van der Waals surface area contributed by atoms with Crippen LogP contribution in [0, 0.1) is 0 Å². The van der Waals surface area contributed by atoms with Crippen LogP contribution in [0.3, 0.4) is 0 Å². The fraction of sp³-hybridized carbons (Fsp3) is 0.429. The molecular weight excluding hydrogens is 258 g/mol. The molecule has 2 N–H and O–H groups in total. The summed E-state index contributed by atoms with van der Waals surface area (Å²) < 4.78 is 5.24. The Morgan fingerprint density at radius 2 is 2.05 bits per heavy atom. The van der Waals surface area contributed by atoms with Crippen molar-refractivity contribution in [3.05, 3.63) is 35.9 Å². The number of hydrogen-bond acceptors (Lipinski definition) is 4. The molecule has 1 unspecified atom stereocenters. The van der Waals surface area contributed by atoms with Crippen molar-refractivity contribution in [1.82, 2.24) is 9.80 Å². The van der Waals surface area contributed by atoms with Crippen LogP contribution in [0.1, 0.15) is 5.56 Å². The van der Waals surface area contributed by atoms with E-state index in [1.807, 2.05) is 30.3 Å². The zero-order valence-electron chi connectivity index (χ0n) is 11.5. The molecule has 2 amide bonds. The number of likely N-dealkylation sites (N-methyl/N-ethyl adjacent to an activating group) is 1. The molecule has 1 aliphatic heterocycles. The fourth-order valence-corrected chi connectivity index (χ4v) is 2.05. The molecule has 108 valence electrons. The average molecular weight is 277 g/mol. The lowest BCUT2D eigenvalue weighted by Gasteiger charge is -2.20. The largest absolute Gasteiger partial charge is 0.445 e. The fourth-order valence-electron chi connectivity index (χ4n) is 2.05. The Kier molecular flexibility index (Phi) is 4.57. The minimum Gasteiger partial charge on any atom is -0.445 e. The predicted octanol–water partition coefficient (Wildman–Crippen LogP) is 0.425. The van der Waals surface area contributed by atoms with Gasteiger partial charge in [0.2, 0.25) is 5.91 Å². The van der Waals surface area contributed by atoms with Gasteiger partial charge >= 0.3 is 6.09 Å². The van der Waals surface area contributed by atoms with Gasteiger partial charge < -0.3 is 20.3 Å². The van der Waals surface area contributed by atoms with E-state index in [4.69, 9.17) is 10.5 Å². The summed E-state index contributed by atoms with van der Waals surface area (Å²) in [5.74, 6) is -0.150. The van der Waals surface area contributed by atoms with Gasteiger partial charge in [-0.1, -0.05) is 30.3 Å². The molecule has 6 nitrogen and oxygen atoms in total. The Morgan fingerprint density at radius 3 is 2.75 bits per heavy atom. The highest BCUT2D eigenvalue weighted by atomic mass is 16.6. The highest BCUT2D eigenvalue weighted by Crippen LogP contribution is 2.07. The Labute approximate surface area is 118 Å². The van der Waals surface area contributed by atoms with Gasteiger partial charge in [-0.2, -0.15) is 0 Å². The van der Waals surface area contributed by atoms with E-state index in [2.05, 4.69) is 0 Å². The van der Waals surface area contributed by atoms with Crippen molar-refractivity contribution in [3.63, 3.8) is 0 Å². The SMILES string of the molecule is CN1CCN(C(=O)OCc2ccccc2)CC(N)C1=O. The average Bonchev–Trinajstić information content (AvgIpc) is 2.59. The van der Waals surface area contributed by atoms with E-state index in [1.165, 1.54) is 9.80 Å². The third kappa shape index (κ3) is 3.48. The maximum absolute atomic E-state index is 12.0. The van der Waals surface area contributed by atoms with Crippen LogP contribution in [0.2, 0.25) is 0 Å². The topological polar surface area (TPSA) is 75.9 Å². The van der Waals surface area contributed by atoms with Crippen molar-refractivity contribution < 1.29 is 14.3 Å². The molecule has 1 fully saturated rings. The minimum absolute atomic E-state index is 0.150. The molecule has 6 heteroatoms. The Morgan fingerprint density at radius 1 is 1.35 bits per heavy atom. The standard InChI is InChI=1S/C14H19N3O3/c1-16-7-8-17(9-12(15)13(16)18)14(19)20-10-11-5-3-2-4-6-11/h2-6,12H,7-10,15H2,1H3. The van der Waals surface area contributed by atoms with Crippen molar-refractivity contribution in [2.24, 2.45) is 5.73 Å². The van der Waals surface area contributed by atoms with E-state index in [0.29, 0.717) is 13.1 Å². The van der Waals surface area contributed by atoms with Gasteiger partial charge in [0.1, 0.15) is 12.6 Å². The molecule has 1 aromatic carbocycles. The van der Waals surface area contributed by atoms with Gasteiger partial charge in [-0.15, -0.1) is 0 Å². The first-order valence-corrected chi connectivity index (χ1v) is 6.54. The summed E-state index contributed by atoms with van der Waals surface area (Å²) >= 11 is 0. The number of hydrogen-bond donors (Lipinski definition) is 1. The lowest BCUT2D eigenvalue weighted by Crippen LogP contribution is -2.45. The zero-order chi connectivity index (χ0) is 14.5. The Bertz CT molecular complexity index is 478. The highest BCUT2D eigenvalue weighted by Gasteiger charge is 2.28. The molecular formula is C14H19N3O3. The maximum Gasteiger partial charge on any atom is 0.410 e. The van der Waals surface area contributed by atoms with Crippen LogP contribution in [-0.4, -0.2) is 54.5 Å². The van der Waals surface area contributed by atoms with Crippen molar-refractivity contribution >= 4 is 12.0 Å². The summed E-state index contributed by atoms with van der Waals surface area (Å²) in [6.45, 7) is 1.31. The van der Waals surface area contributed by atoms with Crippen molar-refractivity contribution in [2.75, 3.05) is 26.7 Å². The van der Waals surface area contributed by atoms with Crippen LogP contribution in [0.25, 0.3) is 0 Å². The lowest BCUT2D eigenvalue weighted by atomic mass is 10.2. The molecule has 0 aromatic heterocycles. The smallest absolute Gasteiger partial charge is 0.410 e. The molecule has 1 heterocycles. The van der Waals surface area contributed by atoms with Crippen LogP contribution in [0.5, 0.6) is 0 Å². The molecule has 0 radical (unpaired) electrons. The van der Waals surface area contributed by atoms with Gasteiger partial charge in [0, 0.05) is 26.7 Å². The molecule has 0 aliphatic carbocycles. The van der Waals surface area contributed by atoms with Crippen molar-refractivity contribution in [2.45, 2.75) is 12.6 Å². The Hall–Kier alpha value is -2.08. The van der Waals surface area contributed by atoms with Gasteiger partial charge in [0.25, 0.3) is 0 Å². The monoisotopic (exact) mass is 277 g/mol. The van der Waals surface area contributed by atoms with E-state index in [9.17, 15) is 9.59 Å². The molecule has 0 saturated carbocycles. The highest BCUT2D eigenvalue weighted by molar-refractivity contribution is 5.83. The van der Waals surface area contributed by atoms with Crippen molar-refractivity contribution in [1.29, 1.82) is 0 Å². The molecule has 1 saturated heterocycles. The second kappa shape index (κ2) is 6.38. The maximum atomic E-state index is 12.0. The molecule has 0 bridgehead atoms. The second-order valence-corrected chi connectivity index (χ2v) is 4.85. The van der Waals surface area contributed by atoms with Crippen LogP contribution in [-0.2, 0) is 16.1 Å². The first-order valence-electron chi connectivity index (χ1n) is 6.54. The molecule has 1 aromatic rings. The number of benzene rings is 1. The predicted molar refractivity (Wildman–Crippen MR) is 73.8 cm³/mol. The molecule has 1 atom stereocenters. The van der Waals surface area contributed by atoms with E-state index >= 15 is 0 Å². The first-order chi connectivity index (χ1) is 9.58. The molecule has 1 aliphatic rings. The quantitative estimate of drug-likeness (QED) is 0.850. The number of carbonyl (C=O) groups excluding carboxylic acids is 2. The number of nitrogens with two attached hydrogens (primary N) is 1. The number of amides is 2. The normalized spacial score (nSPS) is 19.7. The van der Waals surface area contributed by atoms with E-state index in [1.54, 1.807) is 7.05 Å². The van der Waals surface area contributed by atoms with Gasteiger partial charge in [-0.25, -0.2) is 4.79 Å². The number of rotatable bonds is 2. The summed E-state index contributed by atoms with van der Waals surface area (Å²) in [7, 11) is 1.68. The van der Waals surface area contributed by atoms with Crippen molar-refractivity contribution in [3.8, 4) is 0 Å². The molecule has 0 spiro atoms. The third-order valence-corrected chi connectivity index (χ3v) is 3.28.